The molecule has 2 aromatic rings. The summed E-state index contributed by atoms with van der Waals surface area (Å²) in [7, 11) is -3.66. The first-order valence-electron chi connectivity index (χ1n) is 8.66. The number of sulfonamides is 1. The molecule has 0 bridgehead atoms. The minimum Gasteiger partial charge on any atom is -0.337 e. The molecule has 27 heavy (non-hydrogen) atoms. The van der Waals surface area contributed by atoms with E-state index in [1.807, 2.05) is 31.2 Å². The van der Waals surface area contributed by atoms with E-state index in [0.717, 1.165) is 11.1 Å². The SMILES string of the molecule is Cc1cccc(/C=C/C(=O)N2CCN(S(=O)(=O)c3ccccc3Cl)CC2)c1. The van der Waals surface area contributed by atoms with Gasteiger partial charge in [-0.1, -0.05) is 53.6 Å². The third-order valence-electron chi connectivity index (χ3n) is 4.47. The van der Waals surface area contributed by atoms with Crippen molar-refractivity contribution in [2.75, 3.05) is 26.2 Å². The van der Waals surface area contributed by atoms with Crippen LogP contribution in [-0.4, -0.2) is 49.7 Å². The number of piperazine rings is 1. The van der Waals surface area contributed by atoms with E-state index in [-0.39, 0.29) is 28.9 Å². The maximum Gasteiger partial charge on any atom is 0.246 e. The average molecular weight is 405 g/mol. The molecule has 1 saturated heterocycles. The zero-order valence-electron chi connectivity index (χ0n) is 15.0. The molecule has 0 aliphatic carbocycles. The summed E-state index contributed by atoms with van der Waals surface area (Å²) in [5, 5.41) is 0.206. The molecule has 0 spiro atoms. The second-order valence-corrected chi connectivity index (χ2v) is 8.72. The van der Waals surface area contributed by atoms with Crippen LogP contribution >= 0.6 is 11.6 Å². The highest BCUT2D eigenvalue weighted by molar-refractivity contribution is 7.89. The second kappa shape index (κ2) is 8.25. The van der Waals surface area contributed by atoms with Crippen molar-refractivity contribution >= 4 is 33.6 Å². The third-order valence-corrected chi connectivity index (χ3v) is 6.86. The Morgan fingerprint density at radius 3 is 2.41 bits per heavy atom. The number of aryl methyl sites for hydroxylation is 1. The summed E-state index contributed by atoms with van der Waals surface area (Å²) >= 11 is 6.04. The molecule has 0 saturated carbocycles. The van der Waals surface area contributed by atoms with Gasteiger partial charge in [0.05, 0.1) is 5.02 Å². The molecule has 0 atom stereocenters. The summed E-state index contributed by atoms with van der Waals surface area (Å²) in [5.74, 6) is -0.119. The molecule has 7 heteroatoms. The summed E-state index contributed by atoms with van der Waals surface area (Å²) in [6, 6.07) is 14.3. The monoisotopic (exact) mass is 404 g/mol. The molecular formula is C20H21ClN2O3S. The zero-order valence-corrected chi connectivity index (χ0v) is 16.6. The van der Waals surface area contributed by atoms with Gasteiger partial charge in [0, 0.05) is 32.3 Å². The van der Waals surface area contributed by atoms with Gasteiger partial charge in [-0.3, -0.25) is 4.79 Å². The van der Waals surface area contributed by atoms with Crippen LogP contribution in [0.4, 0.5) is 0 Å². The number of amides is 1. The van der Waals surface area contributed by atoms with Crippen molar-refractivity contribution in [1.82, 2.24) is 9.21 Å². The Morgan fingerprint density at radius 2 is 1.74 bits per heavy atom. The number of benzene rings is 2. The molecule has 1 amide bonds. The Morgan fingerprint density at radius 1 is 1.04 bits per heavy atom. The number of hydrogen-bond donors (Lipinski definition) is 0. The lowest BCUT2D eigenvalue weighted by molar-refractivity contribution is -0.127. The van der Waals surface area contributed by atoms with Gasteiger partial charge < -0.3 is 4.90 Å². The summed E-state index contributed by atoms with van der Waals surface area (Å²) < 4.78 is 26.9. The Balaban J connectivity index is 1.63. The number of carbonyl (C=O) groups is 1. The molecule has 1 aliphatic rings. The molecular weight excluding hydrogens is 384 g/mol. The van der Waals surface area contributed by atoms with Crippen LogP contribution in [0.15, 0.2) is 59.5 Å². The highest BCUT2D eigenvalue weighted by atomic mass is 35.5. The molecule has 142 valence electrons. The van der Waals surface area contributed by atoms with Gasteiger partial charge in [-0.15, -0.1) is 0 Å². The fourth-order valence-corrected chi connectivity index (χ4v) is 4.90. The standard InChI is InChI=1S/C20H21ClN2O3S/c1-16-5-4-6-17(15-16)9-10-20(24)22-11-13-23(14-12-22)27(25,26)19-8-3-2-7-18(19)21/h2-10,15H,11-14H2,1H3/b10-9+. The lowest BCUT2D eigenvalue weighted by Gasteiger charge is -2.33. The average Bonchev–Trinajstić information content (AvgIpc) is 2.66. The summed E-state index contributed by atoms with van der Waals surface area (Å²) in [6.07, 6.45) is 3.31. The van der Waals surface area contributed by atoms with Crippen molar-refractivity contribution in [2.24, 2.45) is 0 Å². The van der Waals surface area contributed by atoms with Gasteiger partial charge in [-0.05, 0) is 30.7 Å². The number of carbonyl (C=O) groups excluding carboxylic acids is 1. The van der Waals surface area contributed by atoms with Crippen LogP contribution in [0.25, 0.3) is 6.08 Å². The second-order valence-electron chi connectivity index (χ2n) is 6.41. The van der Waals surface area contributed by atoms with E-state index < -0.39 is 10.0 Å². The molecule has 1 aliphatic heterocycles. The van der Waals surface area contributed by atoms with Crippen LogP contribution in [0, 0.1) is 6.92 Å². The number of nitrogens with zero attached hydrogens (tertiary/aromatic N) is 2. The normalized spacial score (nSPS) is 16.0. The molecule has 1 heterocycles. The van der Waals surface area contributed by atoms with Gasteiger partial charge in [-0.25, -0.2) is 8.42 Å². The van der Waals surface area contributed by atoms with Gasteiger partial charge in [0.2, 0.25) is 15.9 Å². The van der Waals surface area contributed by atoms with E-state index in [4.69, 9.17) is 11.6 Å². The molecule has 3 rings (SSSR count). The Labute approximate surface area is 164 Å². The molecule has 0 unspecified atom stereocenters. The smallest absolute Gasteiger partial charge is 0.246 e. The fourth-order valence-electron chi connectivity index (χ4n) is 2.99. The highest BCUT2D eigenvalue weighted by Gasteiger charge is 2.30. The van der Waals surface area contributed by atoms with Crippen molar-refractivity contribution in [3.05, 3.63) is 70.8 Å². The first kappa shape index (κ1) is 19.6. The number of halogens is 1. The zero-order chi connectivity index (χ0) is 19.4. The molecule has 0 radical (unpaired) electrons. The quantitative estimate of drug-likeness (QED) is 0.735. The molecule has 2 aromatic carbocycles. The van der Waals surface area contributed by atoms with E-state index in [2.05, 4.69) is 0 Å². The topological polar surface area (TPSA) is 57.7 Å². The highest BCUT2D eigenvalue weighted by Crippen LogP contribution is 2.25. The first-order valence-corrected chi connectivity index (χ1v) is 10.5. The summed E-state index contributed by atoms with van der Waals surface area (Å²) in [6.45, 7) is 3.19. The van der Waals surface area contributed by atoms with E-state index in [1.165, 1.54) is 16.4 Å². The molecule has 0 N–H and O–H groups in total. The van der Waals surface area contributed by atoms with Crippen LogP contribution in [0.1, 0.15) is 11.1 Å². The number of hydrogen-bond acceptors (Lipinski definition) is 3. The van der Waals surface area contributed by atoms with Crippen molar-refractivity contribution < 1.29 is 13.2 Å². The van der Waals surface area contributed by atoms with Gasteiger partial charge in [-0.2, -0.15) is 4.31 Å². The van der Waals surface area contributed by atoms with Gasteiger partial charge in [0.1, 0.15) is 4.90 Å². The Bertz CT molecular complexity index is 965. The van der Waals surface area contributed by atoms with Crippen molar-refractivity contribution in [1.29, 1.82) is 0 Å². The maximum absolute atomic E-state index is 12.8. The van der Waals surface area contributed by atoms with E-state index >= 15 is 0 Å². The van der Waals surface area contributed by atoms with Gasteiger partial charge in [0.15, 0.2) is 0 Å². The van der Waals surface area contributed by atoms with Crippen molar-refractivity contribution in [3.8, 4) is 0 Å². The Hall–Kier alpha value is -2.15. The minimum absolute atomic E-state index is 0.103. The predicted molar refractivity (Wildman–Crippen MR) is 107 cm³/mol. The van der Waals surface area contributed by atoms with Crippen LogP contribution in [0.2, 0.25) is 5.02 Å². The number of rotatable bonds is 4. The Kier molecular flexibility index (Phi) is 5.99. The van der Waals surface area contributed by atoms with Crippen LogP contribution in [-0.2, 0) is 14.8 Å². The first-order chi connectivity index (χ1) is 12.9. The van der Waals surface area contributed by atoms with Crippen LogP contribution < -0.4 is 0 Å². The summed E-state index contributed by atoms with van der Waals surface area (Å²) in [4.78, 5) is 14.1. The molecule has 5 nitrogen and oxygen atoms in total. The molecule has 0 aromatic heterocycles. The van der Waals surface area contributed by atoms with Gasteiger partial charge in [0.25, 0.3) is 0 Å². The van der Waals surface area contributed by atoms with Crippen molar-refractivity contribution in [2.45, 2.75) is 11.8 Å². The summed E-state index contributed by atoms with van der Waals surface area (Å²) in [5.41, 5.74) is 2.09. The van der Waals surface area contributed by atoms with Crippen LogP contribution in [0.3, 0.4) is 0 Å². The molecule has 1 fully saturated rings. The lowest BCUT2D eigenvalue weighted by atomic mass is 10.1. The van der Waals surface area contributed by atoms with E-state index in [1.54, 1.807) is 29.2 Å². The van der Waals surface area contributed by atoms with E-state index in [9.17, 15) is 13.2 Å². The van der Waals surface area contributed by atoms with Gasteiger partial charge >= 0.3 is 0 Å². The largest absolute Gasteiger partial charge is 0.337 e. The fraction of sp³-hybridized carbons (Fsp3) is 0.250. The van der Waals surface area contributed by atoms with Crippen molar-refractivity contribution in [3.63, 3.8) is 0 Å². The van der Waals surface area contributed by atoms with E-state index in [0.29, 0.717) is 13.1 Å². The third kappa shape index (κ3) is 4.58. The maximum atomic E-state index is 12.8. The van der Waals surface area contributed by atoms with Crippen LogP contribution in [0.5, 0.6) is 0 Å². The minimum atomic E-state index is -3.66. The predicted octanol–water partition coefficient (Wildman–Crippen LogP) is 3.19. The lowest BCUT2D eigenvalue weighted by Crippen LogP contribution is -2.50.